The van der Waals surface area contributed by atoms with Gasteiger partial charge in [0.15, 0.2) is 0 Å². The number of fused-ring (bicyclic) bond motifs is 2. The van der Waals surface area contributed by atoms with Crippen LogP contribution in [0.2, 0.25) is 0 Å². The Morgan fingerprint density at radius 1 is 0.467 bits per heavy atom. The number of phenolic OH excluding ortho intramolecular Hbond substituents is 4. The summed E-state index contributed by atoms with van der Waals surface area (Å²) in [7, 11) is 0. The highest BCUT2D eigenvalue weighted by atomic mass is 16.3. The molecule has 0 heterocycles. The Bertz CT molecular complexity index is 1210. The van der Waals surface area contributed by atoms with Crippen LogP contribution in [0.25, 0.3) is 11.5 Å². The first kappa shape index (κ1) is 18.7. The number of hydrogen-bond acceptors (Lipinski definition) is 10. The van der Waals surface area contributed by atoms with Crippen LogP contribution in [0.15, 0.2) is 35.4 Å². The molecule has 10 heteroatoms. The molecule has 0 spiro atoms. The van der Waals surface area contributed by atoms with E-state index in [0.717, 1.165) is 24.3 Å². The number of rotatable bonds is 1. The Labute approximate surface area is 165 Å². The molecule has 0 atom stereocenters. The maximum atomic E-state index is 12.6. The molecule has 0 saturated heterocycles. The number of carbonyl (C=O) groups excluding carboxylic acids is 4. The van der Waals surface area contributed by atoms with Gasteiger partial charge in [-0.1, -0.05) is 0 Å². The van der Waals surface area contributed by atoms with Crippen molar-refractivity contribution in [2.24, 2.45) is 0 Å². The first-order chi connectivity index (χ1) is 14.0. The van der Waals surface area contributed by atoms with Gasteiger partial charge in [0.2, 0.25) is 23.1 Å². The Balaban J connectivity index is 2.10. The molecular formula is C20H10O10. The van der Waals surface area contributed by atoms with Crippen LogP contribution in [0.3, 0.4) is 0 Å². The summed E-state index contributed by atoms with van der Waals surface area (Å²) in [6.07, 6.45) is 0. The van der Waals surface area contributed by atoms with Crippen molar-refractivity contribution in [3.05, 3.63) is 57.7 Å². The zero-order valence-electron chi connectivity index (χ0n) is 14.6. The maximum Gasteiger partial charge on any atom is 0.238 e. The van der Waals surface area contributed by atoms with E-state index in [-0.39, 0.29) is 0 Å². The summed E-state index contributed by atoms with van der Waals surface area (Å²) in [4.78, 5) is 50.2. The van der Waals surface area contributed by atoms with Crippen molar-refractivity contribution in [1.82, 2.24) is 0 Å². The molecule has 2 aromatic rings. The van der Waals surface area contributed by atoms with Crippen LogP contribution in [-0.2, 0) is 9.59 Å². The first-order valence-electron chi connectivity index (χ1n) is 8.22. The predicted octanol–water partition coefficient (Wildman–Crippen LogP) is 1.28. The van der Waals surface area contributed by atoms with Gasteiger partial charge in [-0.15, -0.1) is 0 Å². The van der Waals surface area contributed by atoms with Gasteiger partial charge in [-0.3, -0.25) is 19.2 Å². The molecule has 2 aliphatic carbocycles. The van der Waals surface area contributed by atoms with Gasteiger partial charge in [0.05, 0.1) is 22.3 Å². The molecule has 0 bridgehead atoms. The largest absolute Gasteiger partial charge is 0.508 e. The molecule has 0 aliphatic heterocycles. The molecule has 2 aliphatic rings. The Morgan fingerprint density at radius 2 is 0.800 bits per heavy atom. The Morgan fingerprint density at radius 3 is 1.13 bits per heavy atom. The summed E-state index contributed by atoms with van der Waals surface area (Å²) in [5.74, 6) is -10.6. The molecule has 0 unspecified atom stereocenters. The number of phenols is 4. The summed E-state index contributed by atoms with van der Waals surface area (Å²) in [6.45, 7) is 0. The normalized spacial score (nSPS) is 16.1. The molecule has 0 saturated carbocycles. The fourth-order valence-corrected chi connectivity index (χ4v) is 3.48. The number of Topliss-reactive ketones (excluding diaryl/α,β-unsaturated/α-hetero) is 4. The SMILES string of the molecule is O=C1C(=O)c2cc(O)cc(O)c2C(O)=C1C1=C(O)c2c(O)cc(O)cc2C(=O)C1=O. The van der Waals surface area contributed by atoms with E-state index < -0.39 is 91.0 Å². The molecule has 30 heavy (non-hydrogen) atoms. The summed E-state index contributed by atoms with van der Waals surface area (Å²) in [5.41, 5.74) is -4.39. The number of aromatic hydroxyl groups is 4. The number of benzene rings is 2. The second kappa shape index (κ2) is 5.95. The van der Waals surface area contributed by atoms with E-state index in [2.05, 4.69) is 0 Å². The number of aliphatic hydroxyl groups is 2. The lowest BCUT2D eigenvalue weighted by Gasteiger charge is -2.24. The van der Waals surface area contributed by atoms with Crippen molar-refractivity contribution in [1.29, 1.82) is 0 Å². The lowest BCUT2D eigenvalue weighted by molar-refractivity contribution is -0.114. The van der Waals surface area contributed by atoms with E-state index in [9.17, 15) is 49.8 Å². The molecule has 0 aromatic heterocycles. The van der Waals surface area contributed by atoms with Crippen LogP contribution < -0.4 is 0 Å². The highest BCUT2D eigenvalue weighted by Gasteiger charge is 2.44. The minimum absolute atomic E-state index is 0.554. The number of carbonyl (C=O) groups is 4. The van der Waals surface area contributed by atoms with E-state index in [1.54, 1.807) is 0 Å². The second-order valence-corrected chi connectivity index (χ2v) is 6.54. The lowest BCUT2D eigenvalue weighted by Crippen LogP contribution is -2.32. The molecule has 4 rings (SSSR count). The molecule has 6 N–H and O–H groups in total. The van der Waals surface area contributed by atoms with Crippen LogP contribution in [0.1, 0.15) is 31.8 Å². The number of aliphatic hydroxyl groups excluding tert-OH is 2. The highest BCUT2D eigenvalue weighted by Crippen LogP contribution is 2.44. The van der Waals surface area contributed by atoms with E-state index in [1.165, 1.54) is 0 Å². The minimum Gasteiger partial charge on any atom is -0.508 e. The standard InChI is InChI=1S/C20H10O10/c21-5-1-7-11(9(23)3-5)17(27)13(19(29)15(7)25)14-18(28)12-8(16(26)20(14)30)2-6(22)4-10(12)24/h1-4,21-24,27-28H. The third kappa shape index (κ3) is 2.30. The minimum atomic E-state index is -1.49. The molecule has 0 fully saturated rings. The average molecular weight is 410 g/mol. The van der Waals surface area contributed by atoms with E-state index in [4.69, 9.17) is 0 Å². The second-order valence-electron chi connectivity index (χ2n) is 6.54. The third-order valence-corrected chi connectivity index (χ3v) is 4.76. The van der Waals surface area contributed by atoms with Gasteiger partial charge < -0.3 is 30.6 Å². The van der Waals surface area contributed by atoms with Gasteiger partial charge in [-0.05, 0) is 12.1 Å². The van der Waals surface area contributed by atoms with Gasteiger partial charge in [0.25, 0.3) is 0 Å². The fraction of sp³-hybridized carbons (Fsp3) is 0. The van der Waals surface area contributed by atoms with E-state index in [1.807, 2.05) is 0 Å². The topological polar surface area (TPSA) is 190 Å². The van der Waals surface area contributed by atoms with Crippen molar-refractivity contribution in [2.45, 2.75) is 0 Å². The zero-order chi connectivity index (χ0) is 22.1. The molecule has 0 amide bonds. The van der Waals surface area contributed by atoms with E-state index >= 15 is 0 Å². The van der Waals surface area contributed by atoms with Crippen molar-refractivity contribution in [3.8, 4) is 23.0 Å². The molecule has 150 valence electrons. The third-order valence-electron chi connectivity index (χ3n) is 4.76. The molecule has 10 nitrogen and oxygen atoms in total. The van der Waals surface area contributed by atoms with Gasteiger partial charge in [-0.2, -0.15) is 0 Å². The van der Waals surface area contributed by atoms with Crippen LogP contribution >= 0.6 is 0 Å². The van der Waals surface area contributed by atoms with Crippen molar-refractivity contribution in [3.63, 3.8) is 0 Å². The van der Waals surface area contributed by atoms with Crippen molar-refractivity contribution >= 4 is 34.7 Å². The number of hydrogen-bond donors (Lipinski definition) is 6. The monoisotopic (exact) mass is 410 g/mol. The molecule has 0 radical (unpaired) electrons. The van der Waals surface area contributed by atoms with Crippen molar-refractivity contribution < 1.29 is 49.8 Å². The quantitative estimate of drug-likeness (QED) is 0.373. The number of allylic oxidation sites excluding steroid dienone is 2. The molecular weight excluding hydrogens is 400 g/mol. The highest BCUT2D eigenvalue weighted by molar-refractivity contribution is 6.60. The molecule has 2 aromatic carbocycles. The maximum absolute atomic E-state index is 12.6. The predicted molar refractivity (Wildman–Crippen MR) is 97.3 cm³/mol. The Hall–Kier alpha value is -4.60. The zero-order valence-corrected chi connectivity index (χ0v) is 14.6. The Kier molecular flexibility index (Phi) is 3.72. The summed E-state index contributed by atoms with van der Waals surface area (Å²) in [5, 5.41) is 60.3. The van der Waals surface area contributed by atoms with Crippen molar-refractivity contribution in [2.75, 3.05) is 0 Å². The summed E-state index contributed by atoms with van der Waals surface area (Å²) < 4.78 is 0. The van der Waals surface area contributed by atoms with Gasteiger partial charge in [-0.25, -0.2) is 0 Å². The first-order valence-corrected chi connectivity index (χ1v) is 8.22. The van der Waals surface area contributed by atoms with Gasteiger partial charge in [0.1, 0.15) is 34.5 Å². The van der Waals surface area contributed by atoms with Crippen LogP contribution in [0.5, 0.6) is 23.0 Å². The fourth-order valence-electron chi connectivity index (χ4n) is 3.48. The summed E-state index contributed by atoms with van der Waals surface area (Å²) >= 11 is 0. The van der Waals surface area contributed by atoms with Crippen LogP contribution in [0.4, 0.5) is 0 Å². The smallest absolute Gasteiger partial charge is 0.238 e. The van der Waals surface area contributed by atoms with Gasteiger partial charge in [0, 0.05) is 23.3 Å². The number of ketones is 4. The summed E-state index contributed by atoms with van der Waals surface area (Å²) in [6, 6.07) is 3.16. The van der Waals surface area contributed by atoms with Gasteiger partial charge >= 0.3 is 0 Å². The van der Waals surface area contributed by atoms with E-state index in [0.29, 0.717) is 0 Å². The van der Waals surface area contributed by atoms with Crippen LogP contribution in [-0.4, -0.2) is 53.8 Å². The van der Waals surface area contributed by atoms with Crippen LogP contribution in [0, 0.1) is 0 Å². The average Bonchev–Trinajstić information content (AvgIpc) is 2.65. The lowest BCUT2D eigenvalue weighted by atomic mass is 9.78.